The summed E-state index contributed by atoms with van der Waals surface area (Å²) in [5, 5.41) is 90.0. The molecule has 27 heteroatoms. The molecule has 0 heterocycles. The summed E-state index contributed by atoms with van der Waals surface area (Å²) in [5.41, 5.74) is -2.05. The van der Waals surface area contributed by atoms with Crippen LogP contribution in [0.15, 0.2) is 36.4 Å². The van der Waals surface area contributed by atoms with Crippen molar-refractivity contribution < 1.29 is 111 Å². The van der Waals surface area contributed by atoms with Crippen molar-refractivity contribution >= 4 is 41.5 Å². The van der Waals surface area contributed by atoms with Crippen molar-refractivity contribution in [1.29, 1.82) is 0 Å². The number of carbonyl (C=O) groups excluding carboxylic acids is 6. The summed E-state index contributed by atoms with van der Waals surface area (Å²) in [6, 6.07) is 7.68. The van der Waals surface area contributed by atoms with Crippen molar-refractivity contribution in [2.75, 3.05) is 52.4 Å². The molecule has 0 aliphatic carbocycles. The zero-order chi connectivity index (χ0) is 49.8. The Kier molecular flexibility index (Phi) is 26.7. The van der Waals surface area contributed by atoms with Crippen molar-refractivity contribution in [3.8, 4) is 23.0 Å². The van der Waals surface area contributed by atoms with E-state index >= 15 is 0 Å². The first-order valence-corrected chi connectivity index (χ1v) is 19.5. The van der Waals surface area contributed by atoms with E-state index in [0.717, 1.165) is 39.0 Å². The van der Waals surface area contributed by atoms with Crippen LogP contribution in [-0.2, 0) is 24.0 Å². The molecule has 0 aliphatic rings. The second-order valence-corrected chi connectivity index (χ2v) is 13.7. The van der Waals surface area contributed by atoms with Crippen molar-refractivity contribution in [1.82, 2.24) is 21.3 Å². The molecule has 4 amide bonds. The summed E-state index contributed by atoms with van der Waals surface area (Å²) in [6.07, 6.45) is -7.74. The van der Waals surface area contributed by atoms with Crippen LogP contribution in [0.3, 0.4) is 0 Å². The lowest BCUT2D eigenvalue weighted by molar-refractivity contribution is -0.655. The van der Waals surface area contributed by atoms with Gasteiger partial charge in [-0.3, -0.25) is 19.2 Å². The molecule has 0 saturated heterocycles. The Morgan fingerprint density at radius 1 is 0.508 bits per heavy atom. The number of aliphatic hydroxyl groups is 1. The number of hydrogen-bond donors (Lipinski definition) is 12. The lowest BCUT2D eigenvalue weighted by atomic mass is 9.94. The standard InChI is InChI=1S/C34H50N6O11.2C2HF3O2/c41-25-9-7-23(19-27(25)43)31(47)39-17-5-13-35-11-1-3-15-37-29(45)21-34(51,33(49)50)22-30(46)38-16-4-2-12-36-14-6-18-40-32(48)24-8-10-26(42)28(44)20-24;2*3-2(4,5)1(6)7/h7-10,19-20,35-36,41-44,51H,1-6,11-18,21-22H2,(H,37,45)(H,38,46)(H,39,47)(H,40,48)(H,49,50);2*(H,6,7). The van der Waals surface area contributed by atoms with Crippen LogP contribution in [0.1, 0.15) is 72.1 Å². The predicted molar refractivity (Wildman–Crippen MR) is 205 cm³/mol. The van der Waals surface area contributed by atoms with E-state index in [-0.39, 0.29) is 59.0 Å². The minimum Gasteiger partial charge on any atom is -0.542 e. The van der Waals surface area contributed by atoms with Crippen LogP contribution in [0.5, 0.6) is 23.0 Å². The Hall–Kier alpha value is -6.61. The number of phenolic OH excluding ortho intramolecular Hbond substituents is 4. The number of halogens is 6. The second-order valence-electron chi connectivity index (χ2n) is 13.7. The lowest BCUT2D eigenvalue weighted by Crippen LogP contribution is -2.84. The molecule has 2 aromatic rings. The monoisotopic (exact) mass is 946 g/mol. The number of quaternary nitrogens is 2. The summed E-state index contributed by atoms with van der Waals surface area (Å²) in [4.78, 5) is 78.0. The minimum absolute atomic E-state index is 0.242. The first-order chi connectivity index (χ1) is 30.2. The smallest absolute Gasteiger partial charge is 0.430 e. The van der Waals surface area contributed by atoms with Gasteiger partial charge in [0, 0.05) is 50.1 Å². The lowest BCUT2D eigenvalue weighted by Gasteiger charge is -2.22. The molecule has 0 spiro atoms. The van der Waals surface area contributed by atoms with E-state index in [9.17, 15) is 81.0 Å². The highest BCUT2D eigenvalue weighted by molar-refractivity contribution is 5.95. The number of aliphatic carboxylic acids is 3. The Bertz CT molecular complexity index is 1750. The Morgan fingerprint density at radius 2 is 0.815 bits per heavy atom. The molecule has 0 aromatic heterocycles. The number of hydrogen-bond acceptors (Lipinski definition) is 14. The summed E-state index contributed by atoms with van der Waals surface area (Å²) < 4.78 is 63.1. The van der Waals surface area contributed by atoms with Gasteiger partial charge in [0.15, 0.2) is 28.6 Å². The molecule has 0 atom stereocenters. The van der Waals surface area contributed by atoms with Crippen LogP contribution >= 0.6 is 0 Å². The van der Waals surface area contributed by atoms with Gasteiger partial charge in [-0.05, 0) is 62.1 Å². The molecular formula is C38H52F6N6O15. The molecule has 65 heavy (non-hydrogen) atoms. The maximum Gasteiger partial charge on any atom is 0.430 e. The topological polar surface area (TPSA) is 368 Å². The van der Waals surface area contributed by atoms with Gasteiger partial charge in [0.1, 0.15) is 11.9 Å². The van der Waals surface area contributed by atoms with Gasteiger partial charge in [-0.2, -0.15) is 26.3 Å². The van der Waals surface area contributed by atoms with Gasteiger partial charge in [-0.1, -0.05) is 0 Å². The number of nitrogens with one attached hydrogen (secondary N) is 4. The summed E-state index contributed by atoms with van der Waals surface area (Å²) >= 11 is 0. The fraction of sp³-hybridized carbons (Fsp3) is 0.500. The largest absolute Gasteiger partial charge is 0.542 e. The highest BCUT2D eigenvalue weighted by atomic mass is 19.4. The number of benzene rings is 2. The number of carbonyl (C=O) groups is 7. The number of amides is 4. The zero-order valence-corrected chi connectivity index (χ0v) is 34.6. The van der Waals surface area contributed by atoms with E-state index in [4.69, 9.17) is 19.8 Å². The zero-order valence-electron chi connectivity index (χ0n) is 34.6. The first kappa shape index (κ1) is 58.4. The minimum atomic E-state index is -5.19. The number of phenols is 4. The molecule has 0 radical (unpaired) electrons. The van der Waals surface area contributed by atoms with Crippen LogP contribution in [-0.4, -0.2) is 142 Å². The van der Waals surface area contributed by atoms with E-state index in [1.807, 2.05) is 0 Å². The Morgan fingerprint density at radius 3 is 1.11 bits per heavy atom. The van der Waals surface area contributed by atoms with Gasteiger partial charge in [-0.15, -0.1) is 0 Å². The third-order valence-corrected chi connectivity index (χ3v) is 8.30. The van der Waals surface area contributed by atoms with Gasteiger partial charge in [0.2, 0.25) is 11.8 Å². The SMILES string of the molecule is O=C(CC(O)(CC(=O)NCCCC[NH2+]CCCNC(=O)c1ccc(O)c(O)c1)C(=O)O)NCCCC[NH2+]CCCNC(=O)c1ccc(O)c(O)c1.O=C([O-])C(F)(F)F.O=C([O-])C(F)(F)F. The van der Waals surface area contributed by atoms with E-state index in [2.05, 4.69) is 31.9 Å². The molecule has 2 rings (SSSR count). The first-order valence-electron chi connectivity index (χ1n) is 19.5. The highest BCUT2D eigenvalue weighted by Crippen LogP contribution is 2.25. The summed E-state index contributed by atoms with van der Waals surface area (Å²) in [7, 11) is 0. The van der Waals surface area contributed by atoms with E-state index in [1.165, 1.54) is 36.4 Å². The van der Waals surface area contributed by atoms with Crippen LogP contribution in [0.25, 0.3) is 0 Å². The molecule has 0 aliphatic heterocycles. The quantitative estimate of drug-likeness (QED) is 0.0262. The fourth-order valence-electron chi connectivity index (χ4n) is 4.87. The average molecular weight is 947 g/mol. The van der Waals surface area contributed by atoms with Crippen LogP contribution in [0.4, 0.5) is 26.3 Å². The number of unbranched alkanes of at least 4 members (excludes halogenated alkanes) is 2. The third-order valence-electron chi connectivity index (χ3n) is 8.30. The number of carboxylic acid groups (broad SMARTS) is 3. The highest BCUT2D eigenvalue weighted by Gasteiger charge is 2.40. The van der Waals surface area contributed by atoms with Crippen molar-refractivity contribution in [2.24, 2.45) is 0 Å². The van der Waals surface area contributed by atoms with Gasteiger partial charge in [0.25, 0.3) is 11.8 Å². The summed E-state index contributed by atoms with van der Waals surface area (Å²) in [5.74, 6) is -11.1. The number of nitrogens with two attached hydrogens (primary N) is 2. The molecule has 0 fully saturated rings. The molecule has 0 saturated carbocycles. The van der Waals surface area contributed by atoms with Crippen LogP contribution in [0, 0.1) is 0 Å². The number of alkyl halides is 6. The van der Waals surface area contributed by atoms with E-state index < -0.39 is 60.5 Å². The predicted octanol–water partition coefficient (Wildman–Crippen LogP) is -3.44. The van der Waals surface area contributed by atoms with Crippen molar-refractivity contribution in [3.05, 3.63) is 47.5 Å². The maximum absolute atomic E-state index is 12.3. The molecule has 21 nitrogen and oxygen atoms in total. The summed E-state index contributed by atoms with van der Waals surface area (Å²) in [6.45, 7) is 4.45. The maximum atomic E-state index is 12.3. The van der Waals surface area contributed by atoms with E-state index in [0.29, 0.717) is 38.8 Å². The molecule has 0 unspecified atom stereocenters. The molecule has 366 valence electrons. The Balaban J connectivity index is 0.00000251. The molecule has 0 bridgehead atoms. The third kappa shape index (κ3) is 26.6. The number of aromatic hydroxyl groups is 4. The van der Waals surface area contributed by atoms with Crippen LogP contribution < -0.4 is 42.1 Å². The average Bonchev–Trinajstić information content (AvgIpc) is 3.20. The fourth-order valence-corrected chi connectivity index (χ4v) is 4.87. The van der Waals surface area contributed by atoms with Gasteiger partial charge in [0.05, 0.1) is 39.0 Å². The van der Waals surface area contributed by atoms with Crippen molar-refractivity contribution in [2.45, 2.75) is 69.3 Å². The Labute approximate surface area is 366 Å². The van der Waals surface area contributed by atoms with Crippen molar-refractivity contribution in [3.63, 3.8) is 0 Å². The van der Waals surface area contributed by atoms with Gasteiger partial charge >= 0.3 is 18.3 Å². The van der Waals surface area contributed by atoms with Gasteiger partial charge < -0.3 is 82.3 Å². The second kappa shape index (κ2) is 29.7. The molecule has 2 aromatic carbocycles. The van der Waals surface area contributed by atoms with E-state index in [1.54, 1.807) is 0 Å². The number of carboxylic acids is 3. The van der Waals surface area contributed by atoms with Crippen LogP contribution in [0.2, 0.25) is 0 Å². The molecule has 14 N–H and O–H groups in total. The molecular weight excluding hydrogens is 894 g/mol. The number of rotatable bonds is 25. The van der Waals surface area contributed by atoms with Gasteiger partial charge in [-0.25, -0.2) is 4.79 Å². The normalized spacial score (nSPS) is 11.1.